The van der Waals surface area contributed by atoms with Crippen molar-refractivity contribution in [2.24, 2.45) is 5.92 Å². The van der Waals surface area contributed by atoms with Crippen LogP contribution in [-0.2, 0) is 19.6 Å². The van der Waals surface area contributed by atoms with E-state index in [1.165, 1.54) is 0 Å². The number of hydrogen-bond acceptors (Lipinski definition) is 5. The molecule has 124 valence electrons. The molecule has 21 heavy (non-hydrogen) atoms. The summed E-state index contributed by atoms with van der Waals surface area (Å²) in [7, 11) is -3.55. The van der Waals surface area contributed by atoms with Crippen molar-refractivity contribution >= 4 is 16.0 Å². The topological polar surface area (TPSA) is 87.2 Å². The lowest BCUT2D eigenvalue weighted by atomic mass is 10.1. The van der Waals surface area contributed by atoms with Crippen LogP contribution in [0.3, 0.4) is 0 Å². The molecule has 0 bridgehead atoms. The first-order valence-corrected chi connectivity index (χ1v) is 9.08. The molecule has 1 N–H and O–H groups in total. The molecule has 0 spiro atoms. The normalized spacial score (nSPS) is 22.4. The number of morpholine rings is 1. The minimum absolute atomic E-state index is 0.0855. The molecule has 2 atom stereocenters. The number of ether oxygens (including phenoxy) is 1. The third-order valence-corrected chi connectivity index (χ3v) is 4.89. The second-order valence-electron chi connectivity index (χ2n) is 5.72. The predicted octanol–water partition coefficient (Wildman–Crippen LogP) is 0.0795. The van der Waals surface area contributed by atoms with Crippen LogP contribution < -0.4 is 0 Å². The zero-order chi connectivity index (χ0) is 16.0. The minimum Gasteiger partial charge on any atom is -0.480 e. The number of carbonyl (C=O) groups is 1. The van der Waals surface area contributed by atoms with E-state index in [1.54, 1.807) is 0 Å². The number of carboxylic acid groups (broad SMARTS) is 1. The maximum Gasteiger partial charge on any atom is 0.318 e. The molecule has 1 fully saturated rings. The van der Waals surface area contributed by atoms with Crippen molar-refractivity contribution in [1.82, 2.24) is 9.21 Å². The number of aliphatic carboxylic acids is 1. The van der Waals surface area contributed by atoms with Gasteiger partial charge in [-0.2, -0.15) is 4.31 Å². The van der Waals surface area contributed by atoms with Crippen LogP contribution in [0.1, 0.15) is 20.3 Å². The molecule has 8 heteroatoms. The molecule has 1 rings (SSSR count). The van der Waals surface area contributed by atoms with Gasteiger partial charge in [-0.15, -0.1) is 0 Å². The Morgan fingerprint density at radius 1 is 1.52 bits per heavy atom. The maximum atomic E-state index is 11.6. The standard InChI is InChI=1S/C13H26N2O5S/c1-4-11(2)7-14-5-6-20-12(8-14)9-15(10-13(16)17)21(3,18)19/h11-12H,4-10H2,1-3H3,(H,16,17). The van der Waals surface area contributed by atoms with Gasteiger partial charge in [-0.25, -0.2) is 8.42 Å². The largest absolute Gasteiger partial charge is 0.480 e. The summed E-state index contributed by atoms with van der Waals surface area (Å²) >= 11 is 0. The third-order valence-electron chi connectivity index (χ3n) is 3.68. The molecule has 0 amide bonds. The minimum atomic E-state index is -3.55. The number of hydrogen-bond donors (Lipinski definition) is 1. The zero-order valence-corrected chi connectivity index (χ0v) is 13.8. The highest BCUT2D eigenvalue weighted by Crippen LogP contribution is 2.12. The van der Waals surface area contributed by atoms with E-state index in [0.29, 0.717) is 19.1 Å². The van der Waals surface area contributed by atoms with Crippen LogP contribution in [0, 0.1) is 5.92 Å². The second-order valence-corrected chi connectivity index (χ2v) is 7.70. The van der Waals surface area contributed by atoms with Crippen LogP contribution in [-0.4, -0.2) is 80.4 Å². The Bertz CT molecular complexity index is 440. The van der Waals surface area contributed by atoms with Gasteiger partial charge >= 0.3 is 5.97 Å². The van der Waals surface area contributed by atoms with Crippen molar-refractivity contribution in [3.05, 3.63) is 0 Å². The fraction of sp³-hybridized carbons (Fsp3) is 0.923. The first-order valence-electron chi connectivity index (χ1n) is 7.23. The molecule has 0 saturated carbocycles. The van der Waals surface area contributed by atoms with Crippen LogP contribution in [0.15, 0.2) is 0 Å². The first-order chi connectivity index (χ1) is 9.72. The van der Waals surface area contributed by atoms with Crippen molar-refractivity contribution < 1.29 is 23.1 Å². The van der Waals surface area contributed by atoms with E-state index in [4.69, 9.17) is 9.84 Å². The van der Waals surface area contributed by atoms with Gasteiger partial charge in [0.2, 0.25) is 10.0 Å². The highest BCUT2D eigenvalue weighted by atomic mass is 32.2. The Morgan fingerprint density at radius 3 is 2.71 bits per heavy atom. The van der Waals surface area contributed by atoms with Gasteiger partial charge in [0, 0.05) is 26.2 Å². The lowest BCUT2D eigenvalue weighted by Gasteiger charge is -2.35. The first kappa shape index (κ1) is 18.3. The van der Waals surface area contributed by atoms with Gasteiger partial charge in [0.1, 0.15) is 6.54 Å². The van der Waals surface area contributed by atoms with Crippen molar-refractivity contribution in [3.63, 3.8) is 0 Å². The summed E-state index contributed by atoms with van der Waals surface area (Å²) in [6.45, 7) is 6.85. The summed E-state index contributed by atoms with van der Waals surface area (Å²) in [6, 6.07) is 0. The Kier molecular flexibility index (Phi) is 7.05. The summed E-state index contributed by atoms with van der Waals surface area (Å²) in [4.78, 5) is 13.0. The van der Waals surface area contributed by atoms with Crippen LogP contribution in [0.5, 0.6) is 0 Å². The smallest absolute Gasteiger partial charge is 0.318 e. The van der Waals surface area contributed by atoms with Crippen LogP contribution >= 0.6 is 0 Å². The molecule has 7 nitrogen and oxygen atoms in total. The number of nitrogens with zero attached hydrogens (tertiary/aromatic N) is 2. The van der Waals surface area contributed by atoms with E-state index in [-0.39, 0.29) is 12.6 Å². The quantitative estimate of drug-likeness (QED) is 0.681. The molecule has 0 aromatic heterocycles. The predicted molar refractivity (Wildman–Crippen MR) is 79.7 cm³/mol. The van der Waals surface area contributed by atoms with Gasteiger partial charge in [-0.05, 0) is 5.92 Å². The summed E-state index contributed by atoms with van der Waals surface area (Å²) in [5.74, 6) is -0.582. The monoisotopic (exact) mass is 322 g/mol. The van der Waals surface area contributed by atoms with E-state index >= 15 is 0 Å². The SMILES string of the molecule is CCC(C)CN1CCOC(CN(CC(=O)O)S(C)(=O)=O)C1. The van der Waals surface area contributed by atoms with Crippen molar-refractivity contribution in [2.75, 3.05) is 45.6 Å². The van der Waals surface area contributed by atoms with E-state index in [9.17, 15) is 13.2 Å². The Labute approximate surface area is 126 Å². The lowest BCUT2D eigenvalue weighted by molar-refractivity contribution is -0.137. The van der Waals surface area contributed by atoms with Gasteiger partial charge in [0.05, 0.1) is 19.0 Å². The van der Waals surface area contributed by atoms with Gasteiger partial charge in [0.15, 0.2) is 0 Å². The van der Waals surface area contributed by atoms with Gasteiger partial charge in [-0.3, -0.25) is 9.69 Å². The van der Waals surface area contributed by atoms with E-state index < -0.39 is 22.5 Å². The molecular formula is C13H26N2O5S. The van der Waals surface area contributed by atoms with Crippen molar-refractivity contribution in [1.29, 1.82) is 0 Å². The molecule has 0 aromatic carbocycles. The Hall–Kier alpha value is -0.700. The average Bonchev–Trinajstić information content (AvgIpc) is 2.36. The molecule has 0 aromatic rings. The van der Waals surface area contributed by atoms with Crippen LogP contribution in [0.25, 0.3) is 0 Å². The van der Waals surface area contributed by atoms with E-state index in [0.717, 1.165) is 30.1 Å². The van der Waals surface area contributed by atoms with Crippen molar-refractivity contribution in [3.8, 4) is 0 Å². The highest BCUT2D eigenvalue weighted by molar-refractivity contribution is 7.88. The third kappa shape index (κ3) is 6.73. The maximum absolute atomic E-state index is 11.6. The fourth-order valence-corrected chi connectivity index (χ4v) is 3.10. The second kappa shape index (κ2) is 8.07. The zero-order valence-electron chi connectivity index (χ0n) is 13.0. The fourth-order valence-electron chi connectivity index (χ4n) is 2.32. The Morgan fingerprint density at radius 2 is 2.19 bits per heavy atom. The lowest BCUT2D eigenvalue weighted by Crippen LogP contribution is -2.50. The molecule has 1 aliphatic rings. The summed E-state index contributed by atoms with van der Waals surface area (Å²) < 4.78 is 29.8. The number of sulfonamides is 1. The average molecular weight is 322 g/mol. The molecule has 1 heterocycles. The summed E-state index contributed by atoms with van der Waals surface area (Å²) in [5.41, 5.74) is 0. The summed E-state index contributed by atoms with van der Waals surface area (Å²) in [6.07, 6.45) is 1.84. The number of rotatable bonds is 8. The molecular weight excluding hydrogens is 296 g/mol. The molecule has 1 saturated heterocycles. The van der Waals surface area contributed by atoms with Gasteiger partial charge in [-0.1, -0.05) is 20.3 Å². The van der Waals surface area contributed by atoms with Crippen LogP contribution in [0.4, 0.5) is 0 Å². The molecule has 0 radical (unpaired) electrons. The number of carboxylic acids is 1. The summed E-state index contributed by atoms with van der Waals surface area (Å²) in [5, 5.41) is 8.82. The Balaban J connectivity index is 2.60. The molecule has 2 unspecified atom stereocenters. The van der Waals surface area contributed by atoms with Crippen LogP contribution in [0.2, 0.25) is 0 Å². The van der Waals surface area contributed by atoms with E-state index in [1.807, 2.05) is 0 Å². The van der Waals surface area contributed by atoms with Gasteiger partial charge in [0.25, 0.3) is 0 Å². The molecule has 1 aliphatic heterocycles. The van der Waals surface area contributed by atoms with E-state index in [2.05, 4.69) is 18.7 Å². The van der Waals surface area contributed by atoms with Gasteiger partial charge < -0.3 is 9.84 Å². The molecule has 0 aliphatic carbocycles. The highest BCUT2D eigenvalue weighted by Gasteiger charge is 2.28. The van der Waals surface area contributed by atoms with Crippen molar-refractivity contribution in [2.45, 2.75) is 26.4 Å².